The zero-order chi connectivity index (χ0) is 13.1. The lowest BCUT2D eigenvalue weighted by Crippen LogP contribution is -2.19. The molecule has 2 atom stereocenters. The Morgan fingerprint density at radius 1 is 1.53 bits per heavy atom. The lowest BCUT2D eigenvalue weighted by Gasteiger charge is -2.17. The molecule has 2 aromatic rings. The maximum atomic E-state index is 6.06. The van der Waals surface area contributed by atoms with Crippen LogP contribution in [0.15, 0.2) is 24.8 Å². The smallest absolute Gasteiger partial charge is 0.153 e. The maximum absolute atomic E-state index is 6.06. The van der Waals surface area contributed by atoms with Gasteiger partial charge in [0.1, 0.15) is 12.4 Å². The minimum atomic E-state index is -0.0318. The van der Waals surface area contributed by atoms with Gasteiger partial charge >= 0.3 is 0 Å². The van der Waals surface area contributed by atoms with Crippen molar-refractivity contribution in [1.82, 2.24) is 20.2 Å². The quantitative estimate of drug-likeness (QED) is 0.896. The molecular formula is C12H14ClN5O. The summed E-state index contributed by atoms with van der Waals surface area (Å²) >= 11 is 6.06. The van der Waals surface area contributed by atoms with E-state index in [0.717, 1.165) is 31.1 Å². The molecule has 0 saturated carbocycles. The third kappa shape index (κ3) is 2.69. The van der Waals surface area contributed by atoms with Crippen molar-refractivity contribution in [3.63, 3.8) is 0 Å². The number of aromatic nitrogens is 4. The highest BCUT2D eigenvalue weighted by atomic mass is 35.5. The van der Waals surface area contributed by atoms with E-state index in [1.54, 1.807) is 12.4 Å². The largest absolute Gasteiger partial charge is 0.383 e. The number of hydrogen-bond donors (Lipinski definition) is 2. The molecule has 19 heavy (non-hydrogen) atoms. The summed E-state index contributed by atoms with van der Waals surface area (Å²) < 4.78 is 5.71. The molecule has 1 fully saturated rings. The highest BCUT2D eigenvalue weighted by Gasteiger charge is 2.31. The van der Waals surface area contributed by atoms with Gasteiger partial charge in [-0.3, -0.25) is 10.1 Å². The first-order valence-electron chi connectivity index (χ1n) is 6.15. The molecule has 0 unspecified atom stereocenters. The molecule has 2 N–H and O–H groups in total. The second-order valence-corrected chi connectivity index (χ2v) is 4.85. The third-order valence-electron chi connectivity index (χ3n) is 3.24. The fraction of sp³-hybridized carbons (Fsp3) is 0.417. The molecule has 0 radical (unpaired) electrons. The van der Waals surface area contributed by atoms with E-state index in [-0.39, 0.29) is 6.10 Å². The van der Waals surface area contributed by atoms with E-state index >= 15 is 0 Å². The van der Waals surface area contributed by atoms with Gasteiger partial charge < -0.3 is 10.1 Å². The maximum Gasteiger partial charge on any atom is 0.153 e. The van der Waals surface area contributed by atoms with Gasteiger partial charge in [-0.15, -0.1) is 0 Å². The Morgan fingerprint density at radius 3 is 3.26 bits per heavy atom. The van der Waals surface area contributed by atoms with Gasteiger partial charge in [0.15, 0.2) is 5.82 Å². The van der Waals surface area contributed by atoms with Crippen LogP contribution in [0.3, 0.4) is 0 Å². The van der Waals surface area contributed by atoms with Crippen molar-refractivity contribution in [2.75, 3.05) is 18.5 Å². The first kappa shape index (κ1) is 12.4. The van der Waals surface area contributed by atoms with Crippen LogP contribution >= 0.6 is 11.6 Å². The molecule has 3 rings (SSSR count). The fourth-order valence-corrected chi connectivity index (χ4v) is 2.44. The van der Waals surface area contributed by atoms with E-state index in [2.05, 4.69) is 25.5 Å². The summed E-state index contributed by atoms with van der Waals surface area (Å²) in [5, 5.41) is 10.7. The van der Waals surface area contributed by atoms with E-state index in [1.165, 1.54) is 6.33 Å². The Labute approximate surface area is 115 Å². The Hall–Kier alpha value is -1.66. The van der Waals surface area contributed by atoms with Gasteiger partial charge in [-0.05, 0) is 12.5 Å². The monoisotopic (exact) mass is 279 g/mol. The number of hydrogen-bond acceptors (Lipinski definition) is 5. The predicted octanol–water partition coefficient (Wildman–Crippen LogP) is 2.04. The number of anilines is 1. The van der Waals surface area contributed by atoms with Crippen LogP contribution in [0.25, 0.3) is 0 Å². The van der Waals surface area contributed by atoms with Crippen molar-refractivity contribution >= 4 is 17.3 Å². The number of aromatic amines is 1. The highest BCUT2D eigenvalue weighted by Crippen LogP contribution is 2.33. The van der Waals surface area contributed by atoms with Gasteiger partial charge in [0, 0.05) is 31.5 Å². The Bertz CT molecular complexity index is 533. The van der Waals surface area contributed by atoms with Gasteiger partial charge in [-0.1, -0.05) is 11.6 Å². The molecule has 0 aromatic carbocycles. The van der Waals surface area contributed by atoms with Crippen LogP contribution in [0.1, 0.15) is 18.3 Å². The number of nitrogens with zero attached hydrogens (tertiary/aromatic N) is 3. The van der Waals surface area contributed by atoms with Crippen LogP contribution in [0.2, 0.25) is 5.02 Å². The van der Waals surface area contributed by atoms with Crippen LogP contribution in [0, 0.1) is 5.92 Å². The normalized spacial score (nSPS) is 22.6. The summed E-state index contributed by atoms with van der Waals surface area (Å²) in [6.45, 7) is 1.51. The zero-order valence-corrected chi connectivity index (χ0v) is 11.0. The number of halogens is 1. The molecule has 0 bridgehead atoms. The summed E-state index contributed by atoms with van der Waals surface area (Å²) in [5.41, 5.74) is 0.889. The first-order valence-corrected chi connectivity index (χ1v) is 6.52. The van der Waals surface area contributed by atoms with Gasteiger partial charge in [-0.2, -0.15) is 5.10 Å². The van der Waals surface area contributed by atoms with Gasteiger partial charge in [0.2, 0.25) is 0 Å². The number of rotatable bonds is 4. The molecule has 6 nitrogen and oxygen atoms in total. The molecule has 0 spiro atoms. The standard InChI is InChI=1S/C12H14ClN5O/c13-9-6-14-3-1-10(9)15-5-8-2-4-19-11(8)12-16-7-17-18-12/h1,3,6-8,11H,2,4-5H2,(H,14,15)(H,16,17,18)/t8-,11-/m0/s1. The second kappa shape index (κ2) is 5.54. The SMILES string of the molecule is Clc1cnccc1NC[C@@H]1CCO[C@@H]1c1ncn[nH]1. The van der Waals surface area contributed by atoms with E-state index in [9.17, 15) is 0 Å². The molecule has 2 aromatic heterocycles. The van der Waals surface area contributed by atoms with Gasteiger partial charge in [0.25, 0.3) is 0 Å². The summed E-state index contributed by atoms with van der Waals surface area (Å²) in [5.74, 6) is 1.13. The average Bonchev–Trinajstić information content (AvgIpc) is 3.08. The molecule has 0 amide bonds. The Kier molecular flexibility index (Phi) is 3.61. The highest BCUT2D eigenvalue weighted by molar-refractivity contribution is 6.33. The van der Waals surface area contributed by atoms with Crippen molar-refractivity contribution in [2.45, 2.75) is 12.5 Å². The summed E-state index contributed by atoms with van der Waals surface area (Å²) in [6.07, 6.45) is 5.80. The summed E-state index contributed by atoms with van der Waals surface area (Å²) in [6, 6.07) is 1.86. The van der Waals surface area contributed by atoms with Crippen LogP contribution in [-0.4, -0.2) is 33.3 Å². The Morgan fingerprint density at radius 2 is 2.47 bits per heavy atom. The molecule has 7 heteroatoms. The van der Waals surface area contributed by atoms with Crippen LogP contribution < -0.4 is 5.32 Å². The predicted molar refractivity (Wildman–Crippen MR) is 70.9 cm³/mol. The molecule has 3 heterocycles. The molecule has 1 aliphatic rings. The van der Waals surface area contributed by atoms with Crippen LogP contribution in [0.4, 0.5) is 5.69 Å². The summed E-state index contributed by atoms with van der Waals surface area (Å²) in [7, 11) is 0. The van der Waals surface area contributed by atoms with E-state index in [1.807, 2.05) is 6.07 Å². The number of nitrogens with one attached hydrogen (secondary N) is 2. The van der Waals surface area contributed by atoms with Crippen molar-refractivity contribution in [3.05, 3.63) is 35.6 Å². The number of pyridine rings is 1. The molecular weight excluding hydrogens is 266 g/mol. The molecule has 0 aliphatic carbocycles. The minimum absolute atomic E-state index is 0.0318. The van der Waals surface area contributed by atoms with Crippen molar-refractivity contribution in [3.8, 4) is 0 Å². The Balaban J connectivity index is 1.65. The number of H-pyrrole nitrogens is 1. The van der Waals surface area contributed by atoms with Gasteiger partial charge in [-0.25, -0.2) is 4.98 Å². The third-order valence-corrected chi connectivity index (χ3v) is 3.55. The molecule has 1 aliphatic heterocycles. The lowest BCUT2D eigenvalue weighted by atomic mass is 10.0. The fourth-order valence-electron chi connectivity index (χ4n) is 2.26. The van der Waals surface area contributed by atoms with Crippen molar-refractivity contribution < 1.29 is 4.74 Å². The van der Waals surface area contributed by atoms with E-state index in [0.29, 0.717) is 10.9 Å². The topological polar surface area (TPSA) is 75.7 Å². The minimum Gasteiger partial charge on any atom is -0.383 e. The zero-order valence-electron chi connectivity index (χ0n) is 10.2. The van der Waals surface area contributed by atoms with Crippen LogP contribution in [0.5, 0.6) is 0 Å². The van der Waals surface area contributed by atoms with Crippen molar-refractivity contribution in [1.29, 1.82) is 0 Å². The first-order chi connectivity index (χ1) is 9.34. The van der Waals surface area contributed by atoms with Gasteiger partial charge in [0.05, 0.1) is 10.7 Å². The van der Waals surface area contributed by atoms with E-state index in [4.69, 9.17) is 16.3 Å². The average molecular weight is 280 g/mol. The van der Waals surface area contributed by atoms with Crippen LogP contribution in [-0.2, 0) is 4.74 Å². The molecule has 100 valence electrons. The summed E-state index contributed by atoms with van der Waals surface area (Å²) in [4.78, 5) is 8.13. The number of ether oxygens (including phenoxy) is 1. The lowest BCUT2D eigenvalue weighted by molar-refractivity contribution is 0.0864. The molecule has 1 saturated heterocycles. The van der Waals surface area contributed by atoms with Crippen molar-refractivity contribution in [2.24, 2.45) is 5.92 Å². The van der Waals surface area contributed by atoms with E-state index < -0.39 is 0 Å². The second-order valence-electron chi connectivity index (χ2n) is 4.45.